The highest BCUT2D eigenvalue weighted by molar-refractivity contribution is 5.71. The Kier molecular flexibility index (Phi) is 42.3. The molecule has 0 aliphatic rings. The van der Waals surface area contributed by atoms with E-state index in [9.17, 15) is 14.4 Å². The van der Waals surface area contributed by atoms with Crippen molar-refractivity contribution in [2.45, 2.75) is 285 Å². The van der Waals surface area contributed by atoms with Crippen LogP contribution in [-0.2, 0) is 28.6 Å². The third-order valence-corrected chi connectivity index (χ3v) is 11.6. The van der Waals surface area contributed by atoms with Crippen molar-refractivity contribution in [2.24, 2.45) is 17.8 Å². The first-order valence-corrected chi connectivity index (χ1v) is 25.6. The first kappa shape index (κ1) is 56.4. The van der Waals surface area contributed by atoms with Crippen LogP contribution in [0.4, 0.5) is 0 Å². The summed E-state index contributed by atoms with van der Waals surface area (Å²) in [5.74, 6) is 1.57. The van der Waals surface area contributed by atoms with E-state index in [0.29, 0.717) is 19.3 Å². The summed E-state index contributed by atoms with van der Waals surface area (Å²) in [5.41, 5.74) is 0. The van der Waals surface area contributed by atoms with Crippen molar-refractivity contribution in [3.63, 3.8) is 0 Å². The molecule has 0 heterocycles. The number of unbranched alkanes of at least 4 members (excludes halogenated alkanes) is 28. The lowest BCUT2D eigenvalue weighted by molar-refractivity contribution is -0.167. The van der Waals surface area contributed by atoms with Gasteiger partial charge in [-0.2, -0.15) is 0 Å². The topological polar surface area (TPSA) is 78.9 Å². The molecule has 0 amide bonds. The molecule has 0 aliphatic heterocycles. The van der Waals surface area contributed by atoms with Crippen molar-refractivity contribution in [1.82, 2.24) is 0 Å². The lowest BCUT2D eigenvalue weighted by Crippen LogP contribution is -2.30. The molecule has 0 N–H and O–H groups in total. The zero-order valence-electron chi connectivity index (χ0n) is 39.8. The molecule has 0 aliphatic carbocycles. The SMILES string of the molecule is CC(C)CCCCCCCCCCCCCCCCCCC(=O)O[C@H](COC(=O)CCCCCCCCCCC(C)C)COC(=O)CCCCCCCCCC(C)C. The zero-order valence-corrected chi connectivity index (χ0v) is 39.8. The second kappa shape index (κ2) is 43.5. The van der Waals surface area contributed by atoms with Gasteiger partial charge < -0.3 is 14.2 Å². The zero-order chi connectivity index (χ0) is 42.7. The van der Waals surface area contributed by atoms with Crippen molar-refractivity contribution in [3.05, 3.63) is 0 Å². The van der Waals surface area contributed by atoms with Crippen molar-refractivity contribution in [3.8, 4) is 0 Å². The highest BCUT2D eigenvalue weighted by Crippen LogP contribution is 2.17. The molecule has 344 valence electrons. The van der Waals surface area contributed by atoms with Gasteiger partial charge in [-0.05, 0) is 37.0 Å². The fourth-order valence-electron chi connectivity index (χ4n) is 7.76. The molecular formula is C52H100O6. The van der Waals surface area contributed by atoms with Crippen LogP contribution in [0.1, 0.15) is 279 Å². The van der Waals surface area contributed by atoms with E-state index in [4.69, 9.17) is 14.2 Å². The summed E-state index contributed by atoms with van der Waals surface area (Å²) >= 11 is 0. The van der Waals surface area contributed by atoms with Crippen LogP contribution in [0.15, 0.2) is 0 Å². The molecule has 0 radical (unpaired) electrons. The highest BCUT2D eigenvalue weighted by atomic mass is 16.6. The lowest BCUT2D eigenvalue weighted by atomic mass is 10.0. The normalized spacial score (nSPS) is 12.2. The Balaban J connectivity index is 4.25. The van der Waals surface area contributed by atoms with Crippen LogP contribution in [0.25, 0.3) is 0 Å². The molecule has 0 unspecified atom stereocenters. The van der Waals surface area contributed by atoms with Gasteiger partial charge >= 0.3 is 17.9 Å². The first-order valence-electron chi connectivity index (χ1n) is 25.6. The quantitative estimate of drug-likeness (QED) is 0.0346. The fraction of sp³-hybridized carbons (Fsp3) is 0.942. The maximum Gasteiger partial charge on any atom is 0.306 e. The standard InChI is InChI=1S/C52H100O6/c1-46(2)38-32-26-20-15-13-11-9-7-8-10-12-14-16-24-31-37-43-52(55)58-49(45-57-51(54)42-36-30-25-19-22-28-34-40-48(5)6)44-56-50(53)41-35-29-23-18-17-21-27-33-39-47(3)4/h46-49H,7-45H2,1-6H3/t49-/m1/s1. The molecule has 0 bridgehead atoms. The predicted molar refractivity (Wildman–Crippen MR) is 247 cm³/mol. The third kappa shape index (κ3) is 45.5. The van der Waals surface area contributed by atoms with E-state index in [0.717, 1.165) is 75.5 Å². The van der Waals surface area contributed by atoms with E-state index < -0.39 is 6.10 Å². The monoisotopic (exact) mass is 821 g/mol. The molecule has 0 saturated carbocycles. The summed E-state index contributed by atoms with van der Waals surface area (Å²) in [7, 11) is 0. The molecule has 1 atom stereocenters. The maximum absolute atomic E-state index is 12.8. The van der Waals surface area contributed by atoms with Gasteiger partial charge in [-0.15, -0.1) is 0 Å². The van der Waals surface area contributed by atoms with Crippen molar-refractivity contribution >= 4 is 17.9 Å². The molecule has 0 aromatic rings. The second-order valence-electron chi connectivity index (χ2n) is 19.2. The van der Waals surface area contributed by atoms with Crippen LogP contribution in [0.2, 0.25) is 0 Å². The Morgan fingerprint density at radius 3 is 0.741 bits per heavy atom. The second-order valence-corrected chi connectivity index (χ2v) is 19.2. The van der Waals surface area contributed by atoms with Crippen LogP contribution in [0.5, 0.6) is 0 Å². The summed E-state index contributed by atoms with van der Waals surface area (Å²) in [6.07, 6.45) is 42.5. The molecule has 0 aromatic carbocycles. The number of esters is 3. The van der Waals surface area contributed by atoms with Gasteiger partial charge in [0.2, 0.25) is 0 Å². The van der Waals surface area contributed by atoms with Crippen LogP contribution >= 0.6 is 0 Å². The Hall–Kier alpha value is -1.59. The first-order chi connectivity index (χ1) is 28.1. The van der Waals surface area contributed by atoms with E-state index in [1.54, 1.807) is 0 Å². The Morgan fingerprint density at radius 2 is 0.500 bits per heavy atom. The fourth-order valence-corrected chi connectivity index (χ4v) is 7.76. The Labute approximate surface area is 361 Å². The van der Waals surface area contributed by atoms with E-state index in [2.05, 4.69) is 41.5 Å². The molecule has 0 aromatic heterocycles. The summed E-state index contributed by atoms with van der Waals surface area (Å²) in [4.78, 5) is 37.8. The molecular weight excluding hydrogens is 721 g/mol. The van der Waals surface area contributed by atoms with Crippen LogP contribution in [0, 0.1) is 17.8 Å². The van der Waals surface area contributed by atoms with Crippen LogP contribution < -0.4 is 0 Å². The lowest BCUT2D eigenvalue weighted by Gasteiger charge is -2.18. The van der Waals surface area contributed by atoms with Gasteiger partial charge in [-0.25, -0.2) is 0 Å². The number of ether oxygens (including phenoxy) is 3. The molecule has 0 rings (SSSR count). The van der Waals surface area contributed by atoms with Gasteiger partial charge in [0.25, 0.3) is 0 Å². The van der Waals surface area contributed by atoms with Gasteiger partial charge in [0.05, 0.1) is 0 Å². The Bertz CT molecular complexity index is 898. The van der Waals surface area contributed by atoms with Crippen molar-refractivity contribution in [2.75, 3.05) is 13.2 Å². The van der Waals surface area contributed by atoms with E-state index in [1.165, 1.54) is 161 Å². The number of carbonyl (C=O) groups excluding carboxylic acids is 3. The number of rotatable bonds is 45. The van der Waals surface area contributed by atoms with Gasteiger partial charge in [-0.1, -0.05) is 241 Å². The minimum absolute atomic E-state index is 0.0659. The Morgan fingerprint density at radius 1 is 0.293 bits per heavy atom. The van der Waals surface area contributed by atoms with E-state index in [-0.39, 0.29) is 31.1 Å². The van der Waals surface area contributed by atoms with Gasteiger partial charge in [-0.3, -0.25) is 14.4 Å². The highest BCUT2D eigenvalue weighted by Gasteiger charge is 2.19. The van der Waals surface area contributed by atoms with Crippen molar-refractivity contribution < 1.29 is 28.6 Å². The van der Waals surface area contributed by atoms with Crippen molar-refractivity contribution in [1.29, 1.82) is 0 Å². The number of carbonyl (C=O) groups is 3. The van der Waals surface area contributed by atoms with E-state index in [1.807, 2.05) is 0 Å². The molecule has 58 heavy (non-hydrogen) atoms. The molecule has 6 nitrogen and oxygen atoms in total. The predicted octanol–water partition coefficient (Wildman–Crippen LogP) is 16.4. The summed E-state index contributed by atoms with van der Waals surface area (Å²) < 4.78 is 16.8. The smallest absolute Gasteiger partial charge is 0.306 e. The third-order valence-electron chi connectivity index (χ3n) is 11.6. The van der Waals surface area contributed by atoms with E-state index >= 15 is 0 Å². The molecule has 0 saturated heterocycles. The summed E-state index contributed by atoms with van der Waals surface area (Å²) in [6, 6.07) is 0. The van der Waals surface area contributed by atoms with Gasteiger partial charge in [0.1, 0.15) is 13.2 Å². The number of hydrogen-bond acceptors (Lipinski definition) is 6. The van der Waals surface area contributed by atoms with Crippen LogP contribution in [-0.4, -0.2) is 37.2 Å². The van der Waals surface area contributed by atoms with Crippen LogP contribution in [0.3, 0.4) is 0 Å². The minimum atomic E-state index is -0.763. The average molecular weight is 821 g/mol. The minimum Gasteiger partial charge on any atom is -0.462 e. The molecule has 6 heteroatoms. The van der Waals surface area contributed by atoms with Gasteiger partial charge in [0, 0.05) is 19.3 Å². The summed E-state index contributed by atoms with van der Waals surface area (Å²) in [6.45, 7) is 13.6. The molecule has 0 fully saturated rings. The van der Waals surface area contributed by atoms with Gasteiger partial charge in [0.15, 0.2) is 6.10 Å². The maximum atomic E-state index is 12.8. The average Bonchev–Trinajstić information content (AvgIpc) is 3.18. The number of hydrogen-bond donors (Lipinski definition) is 0. The molecule has 0 spiro atoms. The largest absolute Gasteiger partial charge is 0.462 e. The summed E-state index contributed by atoms with van der Waals surface area (Å²) in [5, 5.41) is 0.